The topological polar surface area (TPSA) is 28.7 Å². The number of aromatic nitrogens is 2. The number of H-pyrrole nitrogens is 1. The van der Waals surface area contributed by atoms with E-state index >= 15 is 0 Å². The Morgan fingerprint density at radius 2 is 1.38 bits per heavy atom. The molecule has 1 N–H and O–H groups in total. The van der Waals surface area contributed by atoms with Gasteiger partial charge >= 0.3 is 0 Å². The molecule has 2 nitrogen and oxygen atoms in total. The molecule has 2 aromatic carbocycles. The van der Waals surface area contributed by atoms with Crippen molar-refractivity contribution in [3.8, 4) is 22.4 Å². The van der Waals surface area contributed by atoms with E-state index in [1.807, 2.05) is 24.5 Å². The molecule has 100 valence electrons. The molecule has 2 aromatic heterocycles. The largest absolute Gasteiger partial charge is 0.359 e. The Bertz CT molecular complexity index is 874. The van der Waals surface area contributed by atoms with E-state index in [1.165, 1.54) is 16.5 Å². The van der Waals surface area contributed by atoms with Crippen molar-refractivity contribution < 1.29 is 0 Å². The summed E-state index contributed by atoms with van der Waals surface area (Å²) in [6, 6.07) is 23.0. The van der Waals surface area contributed by atoms with Gasteiger partial charge in [0.05, 0.1) is 11.2 Å². The highest BCUT2D eigenvalue weighted by molar-refractivity contribution is 5.91. The first kappa shape index (κ1) is 11.9. The molecule has 0 aliphatic heterocycles. The molecule has 0 unspecified atom stereocenters. The van der Waals surface area contributed by atoms with E-state index in [0.29, 0.717) is 0 Å². The van der Waals surface area contributed by atoms with Gasteiger partial charge in [0, 0.05) is 23.3 Å². The van der Waals surface area contributed by atoms with Crippen LogP contribution in [0.25, 0.3) is 33.3 Å². The van der Waals surface area contributed by atoms with Gasteiger partial charge < -0.3 is 4.98 Å². The molecule has 0 spiro atoms. The highest BCUT2D eigenvalue weighted by Crippen LogP contribution is 2.27. The summed E-state index contributed by atoms with van der Waals surface area (Å²) in [5.74, 6) is 0. The third-order valence-corrected chi connectivity index (χ3v) is 3.74. The molecule has 0 aliphatic carbocycles. The summed E-state index contributed by atoms with van der Waals surface area (Å²) < 4.78 is 0. The van der Waals surface area contributed by atoms with E-state index in [9.17, 15) is 0 Å². The molecule has 0 bridgehead atoms. The summed E-state index contributed by atoms with van der Waals surface area (Å²) in [5.41, 5.74) is 5.66. The third kappa shape index (κ3) is 2.11. The Hall–Kier alpha value is -2.87. The van der Waals surface area contributed by atoms with Crippen LogP contribution < -0.4 is 0 Å². The average Bonchev–Trinajstić information content (AvgIpc) is 3.04. The summed E-state index contributed by atoms with van der Waals surface area (Å²) in [5, 5.41) is 1.19. The summed E-state index contributed by atoms with van der Waals surface area (Å²) in [6.45, 7) is 0. The predicted molar refractivity (Wildman–Crippen MR) is 87.0 cm³/mol. The fourth-order valence-corrected chi connectivity index (χ4v) is 2.65. The molecule has 0 aliphatic rings. The van der Waals surface area contributed by atoms with Crippen molar-refractivity contribution >= 4 is 10.9 Å². The van der Waals surface area contributed by atoms with Crippen LogP contribution in [0.1, 0.15) is 0 Å². The number of aromatic amines is 1. The minimum atomic E-state index is 0.997. The Labute approximate surface area is 123 Å². The summed E-state index contributed by atoms with van der Waals surface area (Å²) in [7, 11) is 0. The zero-order chi connectivity index (χ0) is 14.1. The van der Waals surface area contributed by atoms with E-state index in [0.717, 1.165) is 16.8 Å². The van der Waals surface area contributed by atoms with Crippen LogP contribution in [0.3, 0.4) is 0 Å². The molecule has 0 saturated carbocycles. The first-order chi connectivity index (χ1) is 10.4. The Morgan fingerprint density at radius 3 is 2.19 bits per heavy atom. The van der Waals surface area contributed by atoms with Gasteiger partial charge in [0.15, 0.2) is 0 Å². The minimum absolute atomic E-state index is 0.997. The fraction of sp³-hybridized carbons (Fsp3) is 0. The number of nitrogens with one attached hydrogen (secondary N) is 1. The molecule has 4 aromatic rings. The van der Waals surface area contributed by atoms with E-state index in [2.05, 4.69) is 64.6 Å². The highest BCUT2D eigenvalue weighted by atomic mass is 14.8. The van der Waals surface area contributed by atoms with Crippen LogP contribution in [0, 0.1) is 0 Å². The highest BCUT2D eigenvalue weighted by Gasteiger charge is 2.06. The van der Waals surface area contributed by atoms with Crippen LogP contribution >= 0.6 is 0 Å². The van der Waals surface area contributed by atoms with Gasteiger partial charge in [-0.3, -0.25) is 4.98 Å². The zero-order valence-electron chi connectivity index (χ0n) is 11.5. The van der Waals surface area contributed by atoms with Crippen molar-refractivity contribution in [2.75, 3.05) is 0 Å². The lowest BCUT2D eigenvalue weighted by molar-refractivity contribution is 1.33. The maximum absolute atomic E-state index is 4.52. The van der Waals surface area contributed by atoms with Crippen molar-refractivity contribution in [3.05, 3.63) is 79.1 Å². The molecular formula is C19H14N2. The van der Waals surface area contributed by atoms with E-state index in [-0.39, 0.29) is 0 Å². The van der Waals surface area contributed by atoms with Crippen molar-refractivity contribution in [2.24, 2.45) is 0 Å². The molecule has 2 heteroatoms. The number of pyridine rings is 1. The fourth-order valence-electron chi connectivity index (χ4n) is 2.65. The summed E-state index contributed by atoms with van der Waals surface area (Å²) in [6.07, 6.45) is 3.81. The van der Waals surface area contributed by atoms with Crippen molar-refractivity contribution in [1.29, 1.82) is 0 Å². The summed E-state index contributed by atoms with van der Waals surface area (Å²) >= 11 is 0. The van der Waals surface area contributed by atoms with Gasteiger partial charge in [0.1, 0.15) is 0 Å². The number of benzene rings is 2. The summed E-state index contributed by atoms with van der Waals surface area (Å²) in [4.78, 5) is 7.79. The van der Waals surface area contributed by atoms with Gasteiger partial charge in [-0.2, -0.15) is 0 Å². The second-order valence-electron chi connectivity index (χ2n) is 5.04. The molecule has 0 amide bonds. The lowest BCUT2D eigenvalue weighted by atomic mass is 10.0. The van der Waals surface area contributed by atoms with Gasteiger partial charge in [0.25, 0.3) is 0 Å². The first-order valence-electron chi connectivity index (χ1n) is 7.00. The predicted octanol–water partition coefficient (Wildman–Crippen LogP) is 4.90. The molecule has 2 heterocycles. The van der Waals surface area contributed by atoms with Crippen LogP contribution in [0.2, 0.25) is 0 Å². The number of fused-ring (bicyclic) bond motifs is 1. The third-order valence-electron chi connectivity index (χ3n) is 3.74. The second kappa shape index (κ2) is 4.91. The molecule has 0 saturated heterocycles. The Balaban J connectivity index is 1.79. The standard InChI is InChI=1S/C19H14N2/c1-2-4-14(5-3-1)15-6-8-16(9-7-15)18-19-17(10-12-20-18)11-13-21-19/h1-13,21H. The minimum Gasteiger partial charge on any atom is -0.359 e. The van der Waals surface area contributed by atoms with E-state index in [1.54, 1.807) is 0 Å². The lowest BCUT2D eigenvalue weighted by Crippen LogP contribution is -1.85. The Kier molecular flexibility index (Phi) is 2.79. The van der Waals surface area contributed by atoms with Crippen LogP contribution in [-0.2, 0) is 0 Å². The average molecular weight is 270 g/mol. The van der Waals surface area contributed by atoms with Crippen LogP contribution in [0.5, 0.6) is 0 Å². The number of rotatable bonds is 2. The number of nitrogens with zero attached hydrogens (tertiary/aromatic N) is 1. The van der Waals surface area contributed by atoms with Crippen LogP contribution in [0.4, 0.5) is 0 Å². The molecule has 0 fully saturated rings. The van der Waals surface area contributed by atoms with Crippen molar-refractivity contribution in [3.63, 3.8) is 0 Å². The van der Waals surface area contributed by atoms with Gasteiger partial charge in [-0.25, -0.2) is 0 Å². The Morgan fingerprint density at radius 1 is 0.667 bits per heavy atom. The van der Waals surface area contributed by atoms with Gasteiger partial charge in [0.2, 0.25) is 0 Å². The van der Waals surface area contributed by atoms with Gasteiger partial charge in [-0.15, -0.1) is 0 Å². The van der Waals surface area contributed by atoms with Gasteiger partial charge in [-0.1, -0.05) is 54.6 Å². The normalized spacial score (nSPS) is 10.9. The SMILES string of the molecule is c1ccc(-c2ccc(-c3nccc4cc[nH]c34)cc2)cc1. The number of hydrogen-bond acceptors (Lipinski definition) is 1. The quantitative estimate of drug-likeness (QED) is 0.551. The van der Waals surface area contributed by atoms with Gasteiger partial charge in [-0.05, 0) is 23.3 Å². The van der Waals surface area contributed by atoms with Crippen molar-refractivity contribution in [1.82, 2.24) is 9.97 Å². The van der Waals surface area contributed by atoms with E-state index < -0.39 is 0 Å². The van der Waals surface area contributed by atoms with Crippen LogP contribution in [-0.4, -0.2) is 9.97 Å². The molecule has 21 heavy (non-hydrogen) atoms. The van der Waals surface area contributed by atoms with Crippen LogP contribution in [0.15, 0.2) is 79.1 Å². The second-order valence-corrected chi connectivity index (χ2v) is 5.04. The molecule has 0 atom stereocenters. The smallest absolute Gasteiger partial charge is 0.0942 e. The lowest BCUT2D eigenvalue weighted by Gasteiger charge is -2.05. The first-order valence-corrected chi connectivity index (χ1v) is 7.00. The van der Waals surface area contributed by atoms with Crippen molar-refractivity contribution in [2.45, 2.75) is 0 Å². The molecule has 4 rings (SSSR count). The van der Waals surface area contributed by atoms with E-state index in [4.69, 9.17) is 0 Å². The monoisotopic (exact) mass is 270 g/mol. The zero-order valence-corrected chi connectivity index (χ0v) is 11.5. The number of hydrogen-bond donors (Lipinski definition) is 1. The maximum Gasteiger partial charge on any atom is 0.0942 e. The molecule has 0 radical (unpaired) electrons. The maximum atomic E-state index is 4.52. The molecular weight excluding hydrogens is 256 g/mol.